The van der Waals surface area contributed by atoms with Crippen LogP contribution in [0.4, 0.5) is 17.3 Å². The van der Waals surface area contributed by atoms with Crippen LogP contribution in [0.15, 0.2) is 49.1 Å². The predicted molar refractivity (Wildman–Crippen MR) is 92.3 cm³/mol. The molecule has 122 valence electrons. The molecule has 8 heteroatoms. The lowest BCUT2D eigenvalue weighted by Gasteiger charge is -2.11. The third kappa shape index (κ3) is 3.17. The van der Waals surface area contributed by atoms with Crippen LogP contribution in [0.2, 0.25) is 0 Å². The molecule has 0 radical (unpaired) electrons. The van der Waals surface area contributed by atoms with E-state index in [0.29, 0.717) is 17.3 Å². The first-order valence-electron chi connectivity index (χ1n) is 7.25. The summed E-state index contributed by atoms with van der Waals surface area (Å²) in [5, 5.41) is 2.67. The van der Waals surface area contributed by atoms with Gasteiger partial charge in [0.25, 0.3) is 5.91 Å². The Kier molecular flexibility index (Phi) is 4.11. The summed E-state index contributed by atoms with van der Waals surface area (Å²) in [5.74, 6) is 1.18. The number of amides is 1. The van der Waals surface area contributed by atoms with Crippen molar-refractivity contribution in [2.75, 3.05) is 30.0 Å². The van der Waals surface area contributed by atoms with Gasteiger partial charge in [-0.1, -0.05) is 0 Å². The first kappa shape index (κ1) is 15.5. The second-order valence-electron chi connectivity index (χ2n) is 5.31. The standard InChI is InChI=1S/C16H17N7O/c1-22(2)14-10-18-12(9-19-14)16(24)21-15-11(17)5-6-13(20-15)23-7-3-4-8-23/h3-10H,17H2,1-2H3,(H,20,21,24). The van der Waals surface area contributed by atoms with Gasteiger partial charge >= 0.3 is 0 Å². The van der Waals surface area contributed by atoms with Gasteiger partial charge in [0.2, 0.25) is 0 Å². The molecule has 1 amide bonds. The highest BCUT2D eigenvalue weighted by Gasteiger charge is 2.12. The van der Waals surface area contributed by atoms with Gasteiger partial charge in [0.15, 0.2) is 5.82 Å². The molecule has 3 aromatic heterocycles. The smallest absolute Gasteiger partial charge is 0.277 e. The van der Waals surface area contributed by atoms with Crippen molar-refractivity contribution in [2.24, 2.45) is 0 Å². The van der Waals surface area contributed by atoms with Gasteiger partial charge in [-0.2, -0.15) is 0 Å². The number of hydrogen-bond acceptors (Lipinski definition) is 6. The quantitative estimate of drug-likeness (QED) is 0.755. The van der Waals surface area contributed by atoms with Crippen LogP contribution in [-0.4, -0.2) is 39.5 Å². The Labute approximate surface area is 139 Å². The molecule has 24 heavy (non-hydrogen) atoms. The van der Waals surface area contributed by atoms with Crippen LogP contribution < -0.4 is 16.0 Å². The van der Waals surface area contributed by atoms with Crippen LogP contribution in [-0.2, 0) is 0 Å². The summed E-state index contributed by atoms with van der Waals surface area (Å²) >= 11 is 0. The highest BCUT2D eigenvalue weighted by atomic mass is 16.2. The third-order valence-electron chi connectivity index (χ3n) is 3.34. The van der Waals surface area contributed by atoms with Crippen LogP contribution in [0.3, 0.4) is 0 Å². The molecule has 0 unspecified atom stereocenters. The van der Waals surface area contributed by atoms with Gasteiger partial charge in [-0.05, 0) is 24.3 Å². The van der Waals surface area contributed by atoms with Crippen LogP contribution in [0.1, 0.15) is 10.5 Å². The second-order valence-corrected chi connectivity index (χ2v) is 5.31. The molecule has 0 aliphatic rings. The normalized spacial score (nSPS) is 10.4. The summed E-state index contributed by atoms with van der Waals surface area (Å²) in [6.45, 7) is 0. The van der Waals surface area contributed by atoms with E-state index in [-0.39, 0.29) is 11.5 Å². The summed E-state index contributed by atoms with van der Waals surface area (Å²) in [7, 11) is 3.70. The third-order valence-corrected chi connectivity index (χ3v) is 3.34. The molecule has 0 atom stereocenters. The van der Waals surface area contributed by atoms with E-state index < -0.39 is 5.91 Å². The van der Waals surface area contributed by atoms with Gasteiger partial charge in [-0.15, -0.1) is 0 Å². The van der Waals surface area contributed by atoms with Crippen molar-refractivity contribution in [3.05, 3.63) is 54.7 Å². The fraction of sp³-hybridized carbons (Fsp3) is 0.125. The number of hydrogen-bond donors (Lipinski definition) is 2. The minimum atomic E-state index is -0.420. The highest BCUT2D eigenvalue weighted by Crippen LogP contribution is 2.19. The first-order valence-corrected chi connectivity index (χ1v) is 7.25. The number of rotatable bonds is 4. The van der Waals surface area contributed by atoms with Gasteiger partial charge in [-0.25, -0.2) is 15.0 Å². The molecule has 0 aliphatic heterocycles. The summed E-state index contributed by atoms with van der Waals surface area (Å²) in [6.07, 6.45) is 6.66. The van der Waals surface area contributed by atoms with E-state index >= 15 is 0 Å². The Bertz CT molecular complexity index is 841. The van der Waals surface area contributed by atoms with E-state index in [0.717, 1.165) is 0 Å². The maximum atomic E-state index is 12.3. The van der Waals surface area contributed by atoms with Crippen molar-refractivity contribution in [2.45, 2.75) is 0 Å². The lowest BCUT2D eigenvalue weighted by molar-refractivity contribution is 0.102. The zero-order valence-electron chi connectivity index (χ0n) is 13.3. The van der Waals surface area contributed by atoms with Gasteiger partial charge in [0.1, 0.15) is 17.3 Å². The van der Waals surface area contributed by atoms with Crippen molar-refractivity contribution >= 4 is 23.2 Å². The minimum absolute atomic E-state index is 0.188. The molecule has 8 nitrogen and oxygen atoms in total. The fourth-order valence-electron chi connectivity index (χ4n) is 2.03. The van der Waals surface area contributed by atoms with Gasteiger partial charge in [-0.3, -0.25) is 4.79 Å². The summed E-state index contributed by atoms with van der Waals surface area (Å²) in [4.78, 5) is 26.8. The molecular weight excluding hydrogens is 306 g/mol. The van der Waals surface area contributed by atoms with E-state index in [1.807, 2.05) is 43.2 Å². The molecule has 0 saturated carbocycles. The molecule has 3 rings (SSSR count). The molecule has 0 fully saturated rings. The predicted octanol–water partition coefficient (Wildman–Crippen LogP) is 1.56. The number of carbonyl (C=O) groups excluding carboxylic acids is 1. The lowest BCUT2D eigenvalue weighted by atomic mass is 10.3. The molecule has 0 aliphatic carbocycles. The molecular formula is C16H17N7O. The molecule has 0 saturated heterocycles. The maximum absolute atomic E-state index is 12.3. The van der Waals surface area contributed by atoms with Crippen molar-refractivity contribution < 1.29 is 4.79 Å². The van der Waals surface area contributed by atoms with Crippen LogP contribution in [0, 0.1) is 0 Å². The van der Waals surface area contributed by atoms with Crippen molar-refractivity contribution in [1.82, 2.24) is 19.5 Å². The van der Waals surface area contributed by atoms with Crippen molar-refractivity contribution in [1.29, 1.82) is 0 Å². The SMILES string of the molecule is CN(C)c1cnc(C(=O)Nc2nc(-n3cccc3)ccc2N)cn1. The molecule has 0 spiro atoms. The summed E-state index contributed by atoms with van der Waals surface area (Å²) in [6, 6.07) is 7.24. The highest BCUT2D eigenvalue weighted by molar-refractivity contribution is 6.03. The van der Waals surface area contributed by atoms with E-state index in [2.05, 4.69) is 20.3 Å². The van der Waals surface area contributed by atoms with Gasteiger partial charge < -0.3 is 20.5 Å². The number of nitrogens with zero attached hydrogens (tertiary/aromatic N) is 5. The van der Waals surface area contributed by atoms with Gasteiger partial charge in [0, 0.05) is 26.5 Å². The van der Waals surface area contributed by atoms with E-state index in [1.165, 1.54) is 12.4 Å². The average molecular weight is 323 g/mol. The number of pyridine rings is 1. The van der Waals surface area contributed by atoms with Crippen molar-refractivity contribution in [3.8, 4) is 5.82 Å². The summed E-state index contributed by atoms with van der Waals surface area (Å²) in [5.41, 5.74) is 6.46. The van der Waals surface area contributed by atoms with Crippen LogP contribution in [0.5, 0.6) is 0 Å². The average Bonchev–Trinajstić information content (AvgIpc) is 3.11. The largest absolute Gasteiger partial charge is 0.396 e. The Hall–Kier alpha value is -3.42. The molecule has 3 aromatic rings. The second kappa shape index (κ2) is 6.37. The van der Waals surface area contributed by atoms with Crippen molar-refractivity contribution in [3.63, 3.8) is 0 Å². The molecule has 0 bridgehead atoms. The van der Waals surface area contributed by atoms with Crippen LogP contribution >= 0.6 is 0 Å². The monoisotopic (exact) mass is 323 g/mol. The van der Waals surface area contributed by atoms with E-state index in [4.69, 9.17) is 5.73 Å². The Balaban J connectivity index is 1.82. The van der Waals surface area contributed by atoms with E-state index in [9.17, 15) is 4.79 Å². The van der Waals surface area contributed by atoms with E-state index in [1.54, 1.807) is 17.0 Å². The minimum Gasteiger partial charge on any atom is -0.396 e. The molecule has 3 N–H and O–H groups in total. The Morgan fingerprint density at radius 2 is 1.92 bits per heavy atom. The topological polar surface area (TPSA) is 102 Å². The van der Waals surface area contributed by atoms with Gasteiger partial charge in [0.05, 0.1) is 18.1 Å². The number of nitrogens with two attached hydrogens (primary N) is 1. The number of aromatic nitrogens is 4. The first-order chi connectivity index (χ1) is 11.5. The Morgan fingerprint density at radius 3 is 2.54 bits per heavy atom. The Morgan fingerprint density at radius 1 is 1.17 bits per heavy atom. The molecule has 3 heterocycles. The van der Waals surface area contributed by atoms with Crippen LogP contribution in [0.25, 0.3) is 5.82 Å². The number of nitrogen functional groups attached to an aromatic ring is 1. The summed E-state index contributed by atoms with van der Waals surface area (Å²) < 4.78 is 1.82. The number of carbonyl (C=O) groups is 1. The fourth-order valence-corrected chi connectivity index (χ4v) is 2.03. The molecule has 0 aromatic carbocycles. The lowest BCUT2D eigenvalue weighted by Crippen LogP contribution is -2.18. The zero-order chi connectivity index (χ0) is 17.1. The number of anilines is 3. The number of nitrogens with one attached hydrogen (secondary N) is 1. The maximum Gasteiger partial charge on any atom is 0.277 e. The zero-order valence-corrected chi connectivity index (χ0v) is 13.3.